The number of furan rings is 1. The Bertz CT molecular complexity index is 1120. The van der Waals surface area contributed by atoms with Crippen LogP contribution in [-0.4, -0.2) is 48.0 Å². The molecular weight excluding hydrogens is 425 g/mol. The van der Waals surface area contributed by atoms with Crippen molar-refractivity contribution in [1.29, 1.82) is 5.26 Å². The third-order valence-corrected chi connectivity index (χ3v) is 5.40. The highest BCUT2D eigenvalue weighted by Gasteiger charge is 2.29. The summed E-state index contributed by atoms with van der Waals surface area (Å²) in [4.78, 5) is 20.7. The number of hydrogen-bond acceptors (Lipinski definition) is 7. The molecule has 4 rings (SSSR count). The van der Waals surface area contributed by atoms with Gasteiger partial charge in [-0.25, -0.2) is 4.39 Å². The van der Waals surface area contributed by atoms with E-state index in [-0.39, 0.29) is 28.2 Å². The van der Waals surface area contributed by atoms with Crippen molar-refractivity contribution in [3.05, 3.63) is 53.1 Å². The number of nitrogens with one attached hydrogen (secondary N) is 1. The van der Waals surface area contributed by atoms with Crippen LogP contribution in [0, 0.1) is 17.1 Å². The van der Waals surface area contributed by atoms with Gasteiger partial charge in [-0.3, -0.25) is 9.69 Å². The Hall–Kier alpha value is -3.35. The van der Waals surface area contributed by atoms with E-state index in [4.69, 9.17) is 20.4 Å². The molecule has 8 nitrogen and oxygen atoms in total. The predicted molar refractivity (Wildman–Crippen MR) is 112 cm³/mol. The second-order valence-corrected chi connectivity index (χ2v) is 7.51. The van der Waals surface area contributed by atoms with Crippen LogP contribution in [0.15, 0.2) is 45.4 Å². The minimum Gasteiger partial charge on any atom is -0.459 e. The molecule has 31 heavy (non-hydrogen) atoms. The lowest BCUT2D eigenvalue weighted by Gasteiger charge is -2.37. The molecule has 1 unspecified atom stereocenters. The number of aromatic nitrogens is 1. The van der Waals surface area contributed by atoms with Gasteiger partial charge in [0.25, 0.3) is 5.89 Å². The number of rotatable bonds is 5. The molecule has 3 aromatic rings. The molecule has 1 N–H and O–H groups in total. The summed E-state index contributed by atoms with van der Waals surface area (Å²) in [5.41, 5.74) is 0.273. The van der Waals surface area contributed by atoms with Gasteiger partial charge in [-0.05, 0) is 37.3 Å². The van der Waals surface area contributed by atoms with Crippen molar-refractivity contribution < 1.29 is 18.0 Å². The third kappa shape index (κ3) is 4.40. The number of nitrogens with zero attached hydrogens (tertiary/aromatic N) is 4. The Kier molecular flexibility index (Phi) is 5.93. The average molecular weight is 444 g/mol. The number of carbonyl (C=O) groups is 1. The van der Waals surface area contributed by atoms with E-state index in [0.717, 1.165) is 6.07 Å². The topological polar surface area (TPSA) is 98.5 Å². The smallest absolute Gasteiger partial charge is 0.266 e. The lowest BCUT2D eigenvalue weighted by Crippen LogP contribution is -2.53. The molecule has 0 radical (unpaired) electrons. The van der Waals surface area contributed by atoms with E-state index < -0.39 is 11.9 Å². The molecule has 1 saturated heterocycles. The van der Waals surface area contributed by atoms with Crippen molar-refractivity contribution in [1.82, 2.24) is 9.88 Å². The second-order valence-electron chi connectivity index (χ2n) is 7.07. The Labute approximate surface area is 182 Å². The number of hydrogen-bond donors (Lipinski definition) is 1. The molecule has 1 aliphatic rings. The number of nitriles is 1. The fourth-order valence-corrected chi connectivity index (χ4v) is 3.57. The zero-order valence-electron chi connectivity index (χ0n) is 16.6. The molecule has 1 aromatic carbocycles. The number of carbonyl (C=O) groups excluding carboxylic acids is 1. The molecule has 160 valence electrons. The van der Waals surface area contributed by atoms with Crippen LogP contribution in [-0.2, 0) is 4.79 Å². The first kappa shape index (κ1) is 20.9. The number of amides is 1. The van der Waals surface area contributed by atoms with Crippen LogP contribution in [0.1, 0.15) is 12.6 Å². The van der Waals surface area contributed by atoms with Crippen molar-refractivity contribution in [3.8, 4) is 17.7 Å². The van der Waals surface area contributed by atoms with Crippen LogP contribution in [0.4, 0.5) is 16.0 Å². The highest BCUT2D eigenvalue weighted by atomic mass is 35.5. The van der Waals surface area contributed by atoms with Crippen molar-refractivity contribution in [2.24, 2.45) is 0 Å². The molecule has 2 aromatic heterocycles. The number of oxazole rings is 1. The van der Waals surface area contributed by atoms with E-state index in [2.05, 4.69) is 16.4 Å². The summed E-state index contributed by atoms with van der Waals surface area (Å²) < 4.78 is 25.0. The van der Waals surface area contributed by atoms with Gasteiger partial charge in [-0.15, -0.1) is 0 Å². The van der Waals surface area contributed by atoms with Crippen LogP contribution in [0.25, 0.3) is 11.7 Å². The van der Waals surface area contributed by atoms with Gasteiger partial charge in [0.2, 0.25) is 17.5 Å². The number of piperazine rings is 1. The molecule has 1 atom stereocenters. The zero-order chi connectivity index (χ0) is 22.0. The molecule has 0 spiro atoms. The van der Waals surface area contributed by atoms with E-state index in [0.29, 0.717) is 37.8 Å². The van der Waals surface area contributed by atoms with Gasteiger partial charge < -0.3 is 19.1 Å². The van der Waals surface area contributed by atoms with Crippen LogP contribution in [0.2, 0.25) is 5.02 Å². The van der Waals surface area contributed by atoms with E-state index in [1.807, 2.05) is 9.80 Å². The van der Waals surface area contributed by atoms with Crippen molar-refractivity contribution in [3.63, 3.8) is 0 Å². The fraction of sp³-hybridized carbons (Fsp3) is 0.286. The molecular formula is C21H19ClFN5O3. The fourth-order valence-electron chi connectivity index (χ4n) is 3.41. The molecule has 3 heterocycles. The first-order valence-electron chi connectivity index (χ1n) is 9.66. The normalized spacial score (nSPS) is 15.5. The van der Waals surface area contributed by atoms with Gasteiger partial charge in [0.15, 0.2) is 5.76 Å². The monoisotopic (exact) mass is 443 g/mol. The summed E-state index contributed by atoms with van der Waals surface area (Å²) in [6.07, 6.45) is 1.51. The minimum absolute atomic E-state index is 0.0886. The highest BCUT2D eigenvalue weighted by molar-refractivity contribution is 6.30. The van der Waals surface area contributed by atoms with Gasteiger partial charge in [-0.1, -0.05) is 11.6 Å². The maximum absolute atomic E-state index is 14.0. The minimum atomic E-state index is -0.584. The average Bonchev–Trinajstić information content (AvgIpc) is 3.45. The summed E-state index contributed by atoms with van der Waals surface area (Å²) in [5.74, 6) is 0.179. The number of halogens is 2. The Balaban J connectivity index is 1.39. The molecule has 0 bridgehead atoms. The summed E-state index contributed by atoms with van der Waals surface area (Å²) in [7, 11) is 0. The van der Waals surface area contributed by atoms with E-state index in [1.54, 1.807) is 19.1 Å². The summed E-state index contributed by atoms with van der Waals surface area (Å²) >= 11 is 5.75. The molecule has 10 heteroatoms. The quantitative estimate of drug-likeness (QED) is 0.641. The Morgan fingerprint density at radius 2 is 2.10 bits per heavy atom. The first-order valence-corrected chi connectivity index (χ1v) is 10.0. The molecule has 1 fully saturated rings. The molecule has 0 aliphatic carbocycles. The van der Waals surface area contributed by atoms with Gasteiger partial charge in [-0.2, -0.15) is 10.2 Å². The van der Waals surface area contributed by atoms with Crippen LogP contribution < -0.4 is 10.2 Å². The van der Waals surface area contributed by atoms with E-state index >= 15 is 0 Å². The maximum Gasteiger partial charge on any atom is 0.266 e. The van der Waals surface area contributed by atoms with E-state index in [1.165, 1.54) is 18.4 Å². The summed E-state index contributed by atoms with van der Waals surface area (Å²) in [5, 5.41) is 12.3. The zero-order valence-corrected chi connectivity index (χ0v) is 17.4. The van der Waals surface area contributed by atoms with Crippen molar-refractivity contribution in [2.45, 2.75) is 13.0 Å². The lowest BCUT2D eigenvalue weighted by molar-refractivity contribution is -0.120. The largest absolute Gasteiger partial charge is 0.459 e. The van der Waals surface area contributed by atoms with Gasteiger partial charge >= 0.3 is 0 Å². The molecule has 1 aliphatic heterocycles. The predicted octanol–water partition coefficient (Wildman–Crippen LogP) is 3.75. The van der Waals surface area contributed by atoms with Gasteiger partial charge in [0, 0.05) is 31.2 Å². The van der Waals surface area contributed by atoms with Crippen LogP contribution in [0.5, 0.6) is 0 Å². The summed E-state index contributed by atoms with van der Waals surface area (Å²) in [6, 6.07) is 9.11. The maximum atomic E-state index is 14.0. The van der Waals surface area contributed by atoms with Crippen molar-refractivity contribution in [2.75, 3.05) is 36.4 Å². The molecule has 0 saturated carbocycles. The van der Waals surface area contributed by atoms with Crippen LogP contribution in [0.3, 0.4) is 0 Å². The van der Waals surface area contributed by atoms with Crippen LogP contribution >= 0.6 is 11.6 Å². The SMILES string of the molecule is CC(C(=O)Nc1ccc(Cl)cc1F)N1CCN(c2oc(-c3ccco3)nc2C#N)CC1. The van der Waals surface area contributed by atoms with Gasteiger partial charge in [0.1, 0.15) is 11.9 Å². The van der Waals surface area contributed by atoms with Gasteiger partial charge in [0.05, 0.1) is 18.0 Å². The molecule has 1 amide bonds. The van der Waals surface area contributed by atoms with E-state index in [9.17, 15) is 14.4 Å². The summed E-state index contributed by atoms with van der Waals surface area (Å²) in [6.45, 7) is 3.95. The number of anilines is 2. The Morgan fingerprint density at radius 3 is 2.74 bits per heavy atom. The number of benzene rings is 1. The standard InChI is InChI=1S/C21H19ClFN5O3/c1-13(19(29)25-16-5-4-14(22)11-15(16)23)27-6-8-28(9-7-27)21-17(12-24)26-20(31-21)18-3-2-10-30-18/h2-5,10-11,13H,6-9H2,1H3,(H,25,29). The van der Waals surface area contributed by atoms with Crippen molar-refractivity contribution >= 4 is 29.1 Å². The lowest BCUT2D eigenvalue weighted by atomic mass is 10.2. The third-order valence-electron chi connectivity index (χ3n) is 5.16. The first-order chi connectivity index (χ1) is 15.0. The highest BCUT2D eigenvalue weighted by Crippen LogP contribution is 2.29. The second kappa shape index (κ2) is 8.79. The Morgan fingerprint density at radius 1 is 1.32 bits per heavy atom.